The van der Waals surface area contributed by atoms with E-state index in [1.54, 1.807) is 25.3 Å². The summed E-state index contributed by atoms with van der Waals surface area (Å²) in [5.41, 5.74) is 1.01. The zero-order chi connectivity index (χ0) is 15.9. The van der Waals surface area contributed by atoms with Gasteiger partial charge in [-0.15, -0.1) is 0 Å². The Morgan fingerprint density at radius 3 is 2.36 bits per heavy atom. The van der Waals surface area contributed by atoms with Gasteiger partial charge in [0.1, 0.15) is 13.2 Å². The van der Waals surface area contributed by atoms with Crippen molar-refractivity contribution in [3.05, 3.63) is 58.1 Å². The Hall–Kier alpha value is -2.76. The van der Waals surface area contributed by atoms with Gasteiger partial charge in [-0.1, -0.05) is 18.2 Å². The molecule has 0 aliphatic heterocycles. The van der Waals surface area contributed by atoms with Gasteiger partial charge in [0, 0.05) is 6.07 Å². The number of para-hydroxylation sites is 2. The van der Waals surface area contributed by atoms with E-state index >= 15 is 0 Å². The Labute approximate surface area is 128 Å². The number of nitro benzene ring substituents is 1. The van der Waals surface area contributed by atoms with Crippen LogP contribution < -0.4 is 14.2 Å². The molecule has 0 amide bonds. The van der Waals surface area contributed by atoms with Crippen LogP contribution in [0.5, 0.6) is 17.2 Å². The van der Waals surface area contributed by atoms with Crippen molar-refractivity contribution in [3.63, 3.8) is 0 Å². The fourth-order valence-electron chi connectivity index (χ4n) is 1.93. The number of benzene rings is 2. The van der Waals surface area contributed by atoms with Crippen molar-refractivity contribution < 1.29 is 19.1 Å². The second-order valence-corrected chi connectivity index (χ2v) is 4.58. The van der Waals surface area contributed by atoms with Crippen LogP contribution in [-0.2, 0) is 0 Å². The van der Waals surface area contributed by atoms with Gasteiger partial charge in [0.25, 0.3) is 0 Å². The predicted octanol–water partition coefficient (Wildman–Crippen LogP) is 3.37. The first-order chi connectivity index (χ1) is 10.6. The molecule has 0 bridgehead atoms. The quantitative estimate of drug-likeness (QED) is 0.445. The first kappa shape index (κ1) is 15.6. The molecule has 6 heteroatoms. The molecule has 0 aliphatic carbocycles. The molecule has 0 saturated carbocycles. The predicted molar refractivity (Wildman–Crippen MR) is 81.8 cm³/mol. The van der Waals surface area contributed by atoms with Gasteiger partial charge >= 0.3 is 5.69 Å². The van der Waals surface area contributed by atoms with Crippen LogP contribution in [0, 0.1) is 17.0 Å². The van der Waals surface area contributed by atoms with Crippen LogP contribution in [0.4, 0.5) is 5.69 Å². The molecule has 0 unspecified atom stereocenters. The number of methoxy groups -OCH3 is 1. The molecule has 0 saturated heterocycles. The average Bonchev–Trinajstić information content (AvgIpc) is 2.52. The number of hydrogen-bond donors (Lipinski definition) is 0. The summed E-state index contributed by atoms with van der Waals surface area (Å²) in [5.74, 6) is 1.48. The minimum Gasteiger partial charge on any atom is -0.493 e. The highest BCUT2D eigenvalue weighted by atomic mass is 16.6. The molecule has 0 aromatic heterocycles. The molecule has 2 aromatic rings. The Balaban J connectivity index is 1.92. The first-order valence-corrected chi connectivity index (χ1v) is 6.75. The van der Waals surface area contributed by atoms with Crippen LogP contribution in [0.3, 0.4) is 0 Å². The van der Waals surface area contributed by atoms with Gasteiger partial charge in [-0.05, 0) is 30.7 Å². The molecule has 116 valence electrons. The van der Waals surface area contributed by atoms with Gasteiger partial charge in [-0.3, -0.25) is 10.1 Å². The molecule has 6 nitrogen and oxygen atoms in total. The highest BCUT2D eigenvalue weighted by Crippen LogP contribution is 2.28. The maximum atomic E-state index is 10.9. The lowest BCUT2D eigenvalue weighted by Gasteiger charge is -2.12. The SMILES string of the molecule is COc1cc(C)ccc1OCCOc1ccccc1[N+](=O)[O-]. The van der Waals surface area contributed by atoms with Crippen molar-refractivity contribution in [2.45, 2.75) is 6.92 Å². The van der Waals surface area contributed by atoms with Crippen LogP contribution in [0.1, 0.15) is 5.56 Å². The number of ether oxygens (including phenoxy) is 3. The summed E-state index contributed by atoms with van der Waals surface area (Å²) in [5, 5.41) is 10.9. The van der Waals surface area contributed by atoms with Crippen LogP contribution in [0.25, 0.3) is 0 Å². The Morgan fingerprint density at radius 1 is 1.00 bits per heavy atom. The van der Waals surface area contributed by atoms with Crippen molar-refractivity contribution in [3.8, 4) is 17.2 Å². The van der Waals surface area contributed by atoms with E-state index in [0.29, 0.717) is 11.5 Å². The average molecular weight is 303 g/mol. The molecule has 0 spiro atoms. The standard InChI is InChI=1S/C16H17NO5/c1-12-7-8-15(16(11-12)20-2)22-10-9-21-14-6-4-3-5-13(14)17(18)19/h3-8,11H,9-10H2,1-2H3. The fraction of sp³-hybridized carbons (Fsp3) is 0.250. The van der Waals surface area contributed by atoms with Crippen molar-refractivity contribution in [2.24, 2.45) is 0 Å². The van der Waals surface area contributed by atoms with Crippen LogP contribution in [0.15, 0.2) is 42.5 Å². The number of nitro groups is 1. The molecular formula is C16H17NO5. The Bertz CT molecular complexity index is 657. The number of hydrogen-bond acceptors (Lipinski definition) is 5. The highest BCUT2D eigenvalue weighted by Gasteiger charge is 2.13. The Kier molecular flexibility index (Phi) is 5.19. The van der Waals surface area contributed by atoms with E-state index in [9.17, 15) is 10.1 Å². The van der Waals surface area contributed by atoms with E-state index < -0.39 is 4.92 Å². The second-order valence-electron chi connectivity index (χ2n) is 4.58. The first-order valence-electron chi connectivity index (χ1n) is 6.75. The lowest BCUT2D eigenvalue weighted by atomic mass is 10.2. The maximum Gasteiger partial charge on any atom is 0.310 e. The molecule has 0 aliphatic rings. The molecule has 22 heavy (non-hydrogen) atoms. The topological polar surface area (TPSA) is 70.8 Å². The van der Waals surface area contributed by atoms with Gasteiger partial charge < -0.3 is 14.2 Å². The third-order valence-electron chi connectivity index (χ3n) is 2.98. The molecule has 0 radical (unpaired) electrons. The van der Waals surface area contributed by atoms with E-state index in [2.05, 4.69) is 0 Å². The van der Waals surface area contributed by atoms with Gasteiger partial charge in [-0.2, -0.15) is 0 Å². The number of nitrogens with zero attached hydrogens (tertiary/aromatic N) is 1. The minimum atomic E-state index is -0.473. The molecule has 2 aromatic carbocycles. The number of rotatable bonds is 7. The molecule has 0 N–H and O–H groups in total. The van der Waals surface area contributed by atoms with Crippen molar-refractivity contribution >= 4 is 5.69 Å². The third kappa shape index (κ3) is 3.88. The lowest BCUT2D eigenvalue weighted by molar-refractivity contribution is -0.385. The smallest absolute Gasteiger partial charge is 0.310 e. The van der Waals surface area contributed by atoms with Crippen LogP contribution >= 0.6 is 0 Å². The van der Waals surface area contributed by atoms with Crippen molar-refractivity contribution in [1.82, 2.24) is 0 Å². The molecule has 0 atom stereocenters. The van der Waals surface area contributed by atoms with Crippen molar-refractivity contribution in [2.75, 3.05) is 20.3 Å². The minimum absolute atomic E-state index is 0.0598. The van der Waals surface area contributed by atoms with Crippen LogP contribution in [-0.4, -0.2) is 25.2 Å². The summed E-state index contributed by atoms with van der Waals surface area (Å²) in [4.78, 5) is 10.4. The van der Waals surface area contributed by atoms with E-state index in [1.165, 1.54) is 6.07 Å². The summed E-state index contributed by atoms with van der Waals surface area (Å²) in [7, 11) is 1.57. The molecule has 0 heterocycles. The number of aryl methyl sites for hydroxylation is 1. The third-order valence-corrected chi connectivity index (χ3v) is 2.98. The second kappa shape index (κ2) is 7.31. The monoisotopic (exact) mass is 303 g/mol. The highest BCUT2D eigenvalue weighted by molar-refractivity contribution is 5.45. The van der Waals surface area contributed by atoms with Gasteiger partial charge in [0.15, 0.2) is 17.2 Å². The van der Waals surface area contributed by atoms with E-state index in [0.717, 1.165) is 5.56 Å². The normalized spacial score (nSPS) is 10.1. The molecule has 2 rings (SSSR count). The maximum absolute atomic E-state index is 10.9. The van der Waals surface area contributed by atoms with E-state index in [-0.39, 0.29) is 24.7 Å². The summed E-state index contributed by atoms with van der Waals surface area (Å²) in [6.07, 6.45) is 0. The van der Waals surface area contributed by atoms with Gasteiger partial charge in [-0.25, -0.2) is 0 Å². The molecule has 0 fully saturated rings. The van der Waals surface area contributed by atoms with Gasteiger partial charge in [0.05, 0.1) is 12.0 Å². The lowest BCUT2D eigenvalue weighted by Crippen LogP contribution is -2.10. The largest absolute Gasteiger partial charge is 0.493 e. The van der Waals surface area contributed by atoms with Crippen molar-refractivity contribution in [1.29, 1.82) is 0 Å². The van der Waals surface area contributed by atoms with Crippen LogP contribution in [0.2, 0.25) is 0 Å². The van der Waals surface area contributed by atoms with E-state index in [1.807, 2.05) is 25.1 Å². The molecular weight excluding hydrogens is 286 g/mol. The summed E-state index contributed by atoms with van der Waals surface area (Å²) in [6.45, 7) is 2.41. The summed E-state index contributed by atoms with van der Waals surface area (Å²) in [6, 6.07) is 11.9. The zero-order valence-corrected chi connectivity index (χ0v) is 12.4. The zero-order valence-electron chi connectivity index (χ0n) is 12.4. The Morgan fingerprint density at radius 2 is 1.68 bits per heavy atom. The fourth-order valence-corrected chi connectivity index (χ4v) is 1.93. The summed E-state index contributed by atoms with van der Waals surface area (Å²) < 4.78 is 16.2. The summed E-state index contributed by atoms with van der Waals surface area (Å²) >= 11 is 0. The van der Waals surface area contributed by atoms with E-state index in [4.69, 9.17) is 14.2 Å². The van der Waals surface area contributed by atoms with Gasteiger partial charge in [0.2, 0.25) is 0 Å².